The van der Waals surface area contributed by atoms with Gasteiger partial charge in [-0.1, -0.05) is 0 Å². The Kier molecular flexibility index (Phi) is 6.14. The first-order valence-electron chi connectivity index (χ1n) is 9.73. The molecule has 0 N–H and O–H groups in total. The van der Waals surface area contributed by atoms with E-state index in [0.717, 1.165) is 0 Å². The minimum absolute atomic E-state index is 0.00254. The number of esters is 1. The van der Waals surface area contributed by atoms with Gasteiger partial charge in [0.25, 0.3) is 11.4 Å². The van der Waals surface area contributed by atoms with Crippen molar-refractivity contribution in [2.45, 2.75) is 13.2 Å². The molecule has 2 aromatic rings. The average molecular weight is 445 g/mol. The monoisotopic (exact) mass is 445 g/mol. The Morgan fingerprint density at radius 1 is 1.06 bits per heavy atom. The van der Waals surface area contributed by atoms with Crippen LogP contribution in [0.2, 0.25) is 0 Å². The molecular formula is C20H19N3O9. The van der Waals surface area contributed by atoms with Crippen molar-refractivity contribution < 1.29 is 33.6 Å². The number of carbonyl (C=O) groups excluding carboxylic acids is 1. The number of anilines is 1. The molecule has 168 valence electrons. The molecule has 1 fully saturated rings. The van der Waals surface area contributed by atoms with Gasteiger partial charge in [-0.2, -0.15) is 0 Å². The van der Waals surface area contributed by atoms with Crippen molar-refractivity contribution >= 4 is 23.0 Å². The zero-order chi connectivity index (χ0) is 22.7. The number of non-ortho nitro benzene ring substituents is 1. The molecule has 0 aromatic heterocycles. The van der Waals surface area contributed by atoms with Gasteiger partial charge in [0, 0.05) is 42.4 Å². The molecule has 12 nitrogen and oxygen atoms in total. The van der Waals surface area contributed by atoms with Crippen LogP contribution in [0.15, 0.2) is 30.3 Å². The highest BCUT2D eigenvalue weighted by Crippen LogP contribution is 2.34. The van der Waals surface area contributed by atoms with E-state index in [1.807, 2.05) is 4.90 Å². The maximum absolute atomic E-state index is 12.6. The Bertz CT molecular complexity index is 1070. The number of morpholine rings is 1. The molecule has 0 amide bonds. The molecule has 4 rings (SSSR count). The van der Waals surface area contributed by atoms with E-state index in [1.54, 1.807) is 0 Å². The van der Waals surface area contributed by atoms with Crippen LogP contribution in [0.3, 0.4) is 0 Å². The predicted octanol–water partition coefficient (Wildman–Crippen LogP) is 2.56. The van der Waals surface area contributed by atoms with E-state index in [2.05, 4.69) is 0 Å². The lowest BCUT2D eigenvalue weighted by atomic mass is 10.1. The lowest BCUT2D eigenvalue weighted by molar-refractivity contribution is -0.385. The number of carbonyl (C=O) groups is 1. The van der Waals surface area contributed by atoms with Crippen LogP contribution < -0.4 is 9.64 Å². The van der Waals surface area contributed by atoms with Gasteiger partial charge < -0.3 is 23.8 Å². The highest BCUT2D eigenvalue weighted by Gasteiger charge is 2.25. The summed E-state index contributed by atoms with van der Waals surface area (Å²) in [6.45, 7) is 1.73. The summed E-state index contributed by atoms with van der Waals surface area (Å²) in [7, 11) is 0. The summed E-state index contributed by atoms with van der Waals surface area (Å²) in [5, 5.41) is 22.8. The number of ether oxygens (including phenoxy) is 4. The van der Waals surface area contributed by atoms with Crippen molar-refractivity contribution in [2.75, 3.05) is 38.0 Å². The lowest BCUT2D eigenvalue weighted by Gasteiger charge is -2.28. The second-order valence-electron chi connectivity index (χ2n) is 7.10. The molecule has 2 aliphatic heterocycles. The van der Waals surface area contributed by atoms with Gasteiger partial charge in [0.2, 0.25) is 0 Å². The molecule has 1 saturated heterocycles. The zero-order valence-corrected chi connectivity index (χ0v) is 16.9. The van der Waals surface area contributed by atoms with Gasteiger partial charge in [0.05, 0.1) is 35.2 Å². The summed E-state index contributed by atoms with van der Waals surface area (Å²) in [5.74, 6) is -0.433. The number of hydrogen-bond donors (Lipinski definition) is 0. The summed E-state index contributed by atoms with van der Waals surface area (Å²) in [4.78, 5) is 36.1. The molecule has 0 bridgehead atoms. The van der Waals surface area contributed by atoms with E-state index in [4.69, 9.17) is 18.9 Å². The molecular weight excluding hydrogens is 426 g/mol. The van der Waals surface area contributed by atoms with E-state index in [1.165, 1.54) is 30.3 Å². The topological polar surface area (TPSA) is 144 Å². The van der Waals surface area contributed by atoms with Crippen LogP contribution in [-0.4, -0.2) is 48.9 Å². The first-order chi connectivity index (χ1) is 15.4. The zero-order valence-electron chi connectivity index (χ0n) is 16.9. The summed E-state index contributed by atoms with van der Waals surface area (Å²) >= 11 is 0. The third kappa shape index (κ3) is 4.45. The number of nitro benzene ring substituents is 2. The number of benzene rings is 2. The fraction of sp³-hybridized carbons (Fsp3) is 0.350. The number of hydrogen-bond acceptors (Lipinski definition) is 10. The summed E-state index contributed by atoms with van der Waals surface area (Å²) in [6, 6.07) is 6.73. The molecule has 0 spiro atoms. The molecule has 0 saturated carbocycles. The molecule has 0 atom stereocenters. The summed E-state index contributed by atoms with van der Waals surface area (Å²) in [6.07, 6.45) is 0. The SMILES string of the molecule is O=C(OCc1cc([N+](=O)[O-])cc2c1OCOC2)c1ccc(N2CCOCC2)c([N+](=O)[O-])c1. The molecule has 2 heterocycles. The molecule has 0 aliphatic carbocycles. The second kappa shape index (κ2) is 9.16. The Labute approximate surface area is 181 Å². The van der Waals surface area contributed by atoms with Gasteiger partial charge in [0.1, 0.15) is 18.0 Å². The normalized spacial score (nSPS) is 15.4. The van der Waals surface area contributed by atoms with Crippen molar-refractivity contribution in [3.8, 4) is 5.75 Å². The van der Waals surface area contributed by atoms with Gasteiger partial charge in [-0.05, 0) is 12.1 Å². The quantitative estimate of drug-likeness (QED) is 0.369. The van der Waals surface area contributed by atoms with Crippen LogP contribution in [0.4, 0.5) is 17.1 Å². The molecule has 0 radical (unpaired) electrons. The smallest absolute Gasteiger partial charge is 0.338 e. The van der Waals surface area contributed by atoms with Crippen molar-refractivity contribution in [2.24, 2.45) is 0 Å². The van der Waals surface area contributed by atoms with Crippen molar-refractivity contribution in [3.05, 3.63) is 67.3 Å². The Hall–Kier alpha value is -3.77. The Balaban J connectivity index is 1.54. The Morgan fingerprint density at radius 3 is 2.56 bits per heavy atom. The molecule has 0 unspecified atom stereocenters. The average Bonchev–Trinajstić information content (AvgIpc) is 2.82. The highest BCUT2D eigenvalue weighted by atomic mass is 16.7. The Morgan fingerprint density at radius 2 is 1.84 bits per heavy atom. The third-order valence-corrected chi connectivity index (χ3v) is 5.10. The van der Waals surface area contributed by atoms with Crippen molar-refractivity contribution in [3.63, 3.8) is 0 Å². The number of nitro groups is 2. The maximum Gasteiger partial charge on any atom is 0.338 e. The van der Waals surface area contributed by atoms with E-state index in [-0.39, 0.29) is 36.9 Å². The first-order valence-corrected chi connectivity index (χ1v) is 9.73. The highest BCUT2D eigenvalue weighted by molar-refractivity contribution is 5.91. The molecule has 32 heavy (non-hydrogen) atoms. The fourth-order valence-corrected chi connectivity index (χ4v) is 3.59. The van der Waals surface area contributed by atoms with Gasteiger partial charge in [-0.3, -0.25) is 20.2 Å². The van der Waals surface area contributed by atoms with E-state index < -0.39 is 15.8 Å². The van der Waals surface area contributed by atoms with Crippen LogP contribution in [0.5, 0.6) is 5.75 Å². The van der Waals surface area contributed by atoms with Crippen molar-refractivity contribution in [1.82, 2.24) is 0 Å². The maximum atomic E-state index is 12.6. The van der Waals surface area contributed by atoms with E-state index in [9.17, 15) is 25.0 Å². The fourth-order valence-electron chi connectivity index (χ4n) is 3.59. The molecule has 2 aromatic carbocycles. The number of nitrogens with zero attached hydrogens (tertiary/aromatic N) is 3. The summed E-state index contributed by atoms with van der Waals surface area (Å²) < 4.78 is 21.1. The van der Waals surface area contributed by atoms with E-state index in [0.29, 0.717) is 48.9 Å². The minimum atomic E-state index is -0.797. The van der Waals surface area contributed by atoms with Gasteiger partial charge >= 0.3 is 5.97 Å². The van der Waals surface area contributed by atoms with Crippen molar-refractivity contribution in [1.29, 1.82) is 0 Å². The van der Waals surface area contributed by atoms with Crippen LogP contribution in [0.25, 0.3) is 0 Å². The van der Waals surface area contributed by atoms with Crippen LogP contribution in [0.1, 0.15) is 21.5 Å². The van der Waals surface area contributed by atoms with Gasteiger partial charge in [-0.25, -0.2) is 4.79 Å². The number of rotatable bonds is 6. The van der Waals surface area contributed by atoms with Crippen LogP contribution in [-0.2, 0) is 27.4 Å². The third-order valence-electron chi connectivity index (χ3n) is 5.10. The number of fused-ring (bicyclic) bond motifs is 1. The second-order valence-corrected chi connectivity index (χ2v) is 7.10. The van der Waals surface area contributed by atoms with Gasteiger partial charge in [-0.15, -0.1) is 0 Å². The molecule has 12 heteroatoms. The van der Waals surface area contributed by atoms with E-state index >= 15 is 0 Å². The van der Waals surface area contributed by atoms with Crippen LogP contribution >= 0.6 is 0 Å². The lowest BCUT2D eigenvalue weighted by Crippen LogP contribution is -2.36. The summed E-state index contributed by atoms with van der Waals surface area (Å²) in [5.41, 5.74) is 0.782. The predicted molar refractivity (Wildman–Crippen MR) is 109 cm³/mol. The molecule has 2 aliphatic rings. The standard InChI is InChI=1S/C20H19N3O9/c24-20(13-1-2-17(18(9-13)23(27)28)21-3-5-29-6-4-21)31-11-15-8-16(22(25)26)7-14-10-30-12-32-19(14)15/h1-2,7-9H,3-6,10-12H2. The van der Waals surface area contributed by atoms with Crippen LogP contribution in [0, 0.1) is 20.2 Å². The van der Waals surface area contributed by atoms with Gasteiger partial charge in [0.15, 0.2) is 6.79 Å². The first kappa shape index (κ1) is 21.5. The largest absolute Gasteiger partial charge is 0.467 e. The minimum Gasteiger partial charge on any atom is -0.467 e.